The number of hydrogen-bond donors (Lipinski definition) is 1. The fraction of sp³-hybridized carbons (Fsp3) is 0.688. The molecule has 0 saturated carbocycles. The minimum atomic E-state index is 0.710. The van der Waals surface area contributed by atoms with E-state index >= 15 is 0 Å². The van der Waals surface area contributed by atoms with Gasteiger partial charge in [-0.2, -0.15) is 0 Å². The van der Waals surface area contributed by atoms with Crippen LogP contribution in [0.3, 0.4) is 0 Å². The number of likely N-dealkylation sites (tertiary alicyclic amines) is 1. The van der Waals surface area contributed by atoms with Crippen molar-refractivity contribution in [2.24, 2.45) is 0 Å². The molecule has 0 spiro atoms. The molecule has 4 nitrogen and oxygen atoms in total. The predicted octanol–water partition coefficient (Wildman–Crippen LogP) is 2.43. The van der Waals surface area contributed by atoms with Crippen LogP contribution in [0, 0.1) is 0 Å². The fourth-order valence-electron chi connectivity index (χ4n) is 2.85. The Labute approximate surface area is 123 Å². The molecule has 1 saturated heterocycles. The third-order valence-corrected chi connectivity index (χ3v) is 4.02. The molecule has 1 aliphatic heterocycles. The first-order chi connectivity index (χ1) is 9.69. The van der Waals surface area contributed by atoms with E-state index in [9.17, 15) is 0 Å². The number of pyridine rings is 1. The first-order valence-electron chi connectivity index (χ1n) is 7.76. The molecule has 1 aromatic rings. The van der Waals surface area contributed by atoms with Crippen LogP contribution in [0.15, 0.2) is 18.3 Å². The minimum absolute atomic E-state index is 0.710. The summed E-state index contributed by atoms with van der Waals surface area (Å²) in [5.41, 5.74) is 2.33. The second-order valence-corrected chi connectivity index (χ2v) is 5.94. The van der Waals surface area contributed by atoms with Crippen molar-refractivity contribution in [2.45, 2.75) is 38.8 Å². The summed E-state index contributed by atoms with van der Waals surface area (Å²) in [5.74, 6) is 0. The van der Waals surface area contributed by atoms with Gasteiger partial charge in [0.1, 0.15) is 0 Å². The monoisotopic (exact) mass is 276 g/mol. The molecule has 1 unspecified atom stereocenters. The average Bonchev–Trinajstić information content (AvgIpc) is 2.82. The molecule has 1 atom stereocenters. The highest BCUT2D eigenvalue weighted by Gasteiger charge is 2.22. The summed E-state index contributed by atoms with van der Waals surface area (Å²) >= 11 is 0. The Bertz CT molecular complexity index is 407. The molecule has 1 aromatic heterocycles. The van der Waals surface area contributed by atoms with Crippen LogP contribution in [0.25, 0.3) is 0 Å². The molecule has 0 amide bonds. The number of aromatic nitrogens is 1. The van der Waals surface area contributed by atoms with Crippen molar-refractivity contribution in [3.63, 3.8) is 0 Å². The predicted molar refractivity (Wildman–Crippen MR) is 85.0 cm³/mol. The number of nitrogens with one attached hydrogen (secondary N) is 1. The highest BCUT2D eigenvalue weighted by Crippen LogP contribution is 2.16. The third-order valence-electron chi connectivity index (χ3n) is 4.02. The zero-order valence-corrected chi connectivity index (χ0v) is 13.1. The van der Waals surface area contributed by atoms with Crippen LogP contribution in [0.2, 0.25) is 0 Å². The van der Waals surface area contributed by atoms with Gasteiger partial charge in [-0.25, -0.2) is 0 Å². The number of rotatable bonds is 7. The Morgan fingerprint density at radius 3 is 3.05 bits per heavy atom. The van der Waals surface area contributed by atoms with E-state index in [1.165, 1.54) is 25.1 Å². The largest absolute Gasteiger partial charge is 0.385 e. The SMILES string of the molecule is CCCNc1ccnc(CN(C)CC2CCCN2C)c1. The van der Waals surface area contributed by atoms with Crippen LogP contribution >= 0.6 is 0 Å². The van der Waals surface area contributed by atoms with Crippen molar-refractivity contribution < 1.29 is 0 Å². The van der Waals surface area contributed by atoms with Gasteiger partial charge < -0.3 is 10.2 Å². The highest BCUT2D eigenvalue weighted by molar-refractivity contribution is 5.43. The van der Waals surface area contributed by atoms with Crippen molar-refractivity contribution in [1.82, 2.24) is 14.8 Å². The third kappa shape index (κ3) is 4.46. The Morgan fingerprint density at radius 1 is 1.50 bits per heavy atom. The molecule has 0 radical (unpaired) electrons. The molecule has 1 aliphatic rings. The van der Waals surface area contributed by atoms with Crippen LogP contribution in [0.5, 0.6) is 0 Å². The molecule has 2 heterocycles. The van der Waals surface area contributed by atoms with Gasteiger partial charge in [0.25, 0.3) is 0 Å². The Hall–Kier alpha value is -1.13. The Kier molecular flexibility index (Phi) is 5.80. The molecule has 1 N–H and O–H groups in total. The molecule has 0 bridgehead atoms. The second kappa shape index (κ2) is 7.60. The summed E-state index contributed by atoms with van der Waals surface area (Å²) in [6, 6.07) is 4.93. The molecule has 0 aliphatic carbocycles. The van der Waals surface area contributed by atoms with E-state index in [-0.39, 0.29) is 0 Å². The summed E-state index contributed by atoms with van der Waals surface area (Å²) in [7, 11) is 4.43. The van der Waals surface area contributed by atoms with E-state index in [0.29, 0.717) is 6.04 Å². The van der Waals surface area contributed by atoms with Crippen molar-refractivity contribution >= 4 is 5.69 Å². The summed E-state index contributed by atoms with van der Waals surface area (Å²) in [6.07, 6.45) is 5.71. The maximum atomic E-state index is 4.49. The minimum Gasteiger partial charge on any atom is -0.385 e. The topological polar surface area (TPSA) is 31.4 Å². The fourth-order valence-corrected chi connectivity index (χ4v) is 2.85. The first-order valence-corrected chi connectivity index (χ1v) is 7.76. The van der Waals surface area contributed by atoms with Gasteiger partial charge in [-0.1, -0.05) is 6.92 Å². The Morgan fingerprint density at radius 2 is 2.35 bits per heavy atom. The molecule has 1 fully saturated rings. The first kappa shape index (κ1) is 15.3. The quantitative estimate of drug-likeness (QED) is 0.829. The lowest BCUT2D eigenvalue weighted by Crippen LogP contribution is -2.36. The molecule has 112 valence electrons. The molecular weight excluding hydrogens is 248 g/mol. The van der Waals surface area contributed by atoms with Gasteiger partial charge in [0.15, 0.2) is 0 Å². The number of nitrogens with zero attached hydrogens (tertiary/aromatic N) is 3. The van der Waals surface area contributed by atoms with Gasteiger partial charge in [-0.3, -0.25) is 9.88 Å². The maximum absolute atomic E-state index is 4.49. The summed E-state index contributed by atoms with van der Waals surface area (Å²) in [4.78, 5) is 9.35. The molecule has 0 aromatic carbocycles. The van der Waals surface area contributed by atoms with E-state index in [1.54, 1.807) is 0 Å². The van der Waals surface area contributed by atoms with Crippen LogP contribution in [0.4, 0.5) is 5.69 Å². The molecule has 2 rings (SSSR count). The van der Waals surface area contributed by atoms with E-state index in [4.69, 9.17) is 0 Å². The smallest absolute Gasteiger partial charge is 0.0564 e. The van der Waals surface area contributed by atoms with Gasteiger partial charge in [0, 0.05) is 37.6 Å². The lowest BCUT2D eigenvalue weighted by atomic mass is 10.2. The number of hydrogen-bond acceptors (Lipinski definition) is 4. The van der Waals surface area contributed by atoms with Gasteiger partial charge >= 0.3 is 0 Å². The van der Waals surface area contributed by atoms with Gasteiger partial charge in [-0.05, 0) is 52.0 Å². The van der Waals surface area contributed by atoms with Crippen LogP contribution in [-0.4, -0.2) is 54.6 Å². The van der Waals surface area contributed by atoms with Crippen LogP contribution in [0.1, 0.15) is 31.9 Å². The lowest BCUT2D eigenvalue weighted by Gasteiger charge is -2.25. The van der Waals surface area contributed by atoms with Crippen molar-refractivity contribution in [3.8, 4) is 0 Å². The van der Waals surface area contributed by atoms with Crippen molar-refractivity contribution in [1.29, 1.82) is 0 Å². The summed E-state index contributed by atoms with van der Waals surface area (Å²) < 4.78 is 0. The summed E-state index contributed by atoms with van der Waals surface area (Å²) in [5, 5.41) is 3.42. The molecule has 4 heteroatoms. The normalized spacial score (nSPS) is 19.7. The van der Waals surface area contributed by atoms with Crippen LogP contribution < -0.4 is 5.32 Å². The Balaban J connectivity index is 1.85. The molecule has 20 heavy (non-hydrogen) atoms. The van der Waals surface area contributed by atoms with Gasteiger partial charge in [0.05, 0.1) is 5.69 Å². The van der Waals surface area contributed by atoms with E-state index in [1.807, 2.05) is 12.3 Å². The van der Waals surface area contributed by atoms with E-state index < -0.39 is 0 Å². The lowest BCUT2D eigenvalue weighted by molar-refractivity contribution is 0.214. The van der Waals surface area contributed by atoms with E-state index in [2.05, 4.69) is 47.2 Å². The van der Waals surface area contributed by atoms with Gasteiger partial charge in [0.2, 0.25) is 0 Å². The molecular formula is C16H28N4. The second-order valence-electron chi connectivity index (χ2n) is 5.94. The highest BCUT2D eigenvalue weighted by atomic mass is 15.2. The van der Waals surface area contributed by atoms with Crippen LogP contribution in [-0.2, 0) is 6.54 Å². The van der Waals surface area contributed by atoms with Crippen molar-refractivity contribution in [2.75, 3.05) is 39.0 Å². The van der Waals surface area contributed by atoms with Crippen molar-refractivity contribution in [3.05, 3.63) is 24.0 Å². The number of likely N-dealkylation sites (N-methyl/N-ethyl adjacent to an activating group) is 2. The zero-order chi connectivity index (χ0) is 14.4. The standard InChI is InChI=1S/C16H28N4/c1-4-8-17-14-7-9-18-15(11-14)12-19(2)13-16-6-5-10-20(16)3/h7,9,11,16H,4-6,8,10,12-13H2,1-3H3,(H,17,18). The average molecular weight is 276 g/mol. The van der Waals surface area contributed by atoms with E-state index in [0.717, 1.165) is 31.7 Å². The number of anilines is 1. The van der Waals surface area contributed by atoms with Gasteiger partial charge in [-0.15, -0.1) is 0 Å². The summed E-state index contributed by atoms with van der Waals surface area (Å²) in [6.45, 7) is 6.50. The maximum Gasteiger partial charge on any atom is 0.0564 e. The zero-order valence-electron chi connectivity index (χ0n) is 13.1.